The van der Waals surface area contributed by atoms with Crippen LogP contribution in [0.25, 0.3) is 0 Å². The van der Waals surface area contributed by atoms with E-state index in [0.717, 1.165) is 19.5 Å². The van der Waals surface area contributed by atoms with Crippen LogP contribution in [0.5, 0.6) is 0 Å². The molecular weight excluding hydrogens is 248 g/mol. The van der Waals surface area contributed by atoms with Gasteiger partial charge in [0.2, 0.25) is 0 Å². The maximum Gasteiger partial charge on any atom is 0.153 e. The molecule has 0 amide bonds. The van der Waals surface area contributed by atoms with Crippen LogP contribution in [0.4, 0.5) is 0 Å². The van der Waals surface area contributed by atoms with Gasteiger partial charge in [-0.15, -0.1) is 0 Å². The molecule has 0 aliphatic carbocycles. The number of sulfone groups is 1. The molecule has 108 valence electrons. The van der Waals surface area contributed by atoms with Crippen molar-refractivity contribution in [1.29, 1.82) is 0 Å². The van der Waals surface area contributed by atoms with Gasteiger partial charge in [-0.1, -0.05) is 6.92 Å². The number of hydrogen-bond donors (Lipinski definition) is 1. The first-order chi connectivity index (χ1) is 8.18. The van der Waals surface area contributed by atoms with Crippen LogP contribution in [0.3, 0.4) is 0 Å². The predicted molar refractivity (Wildman–Crippen MR) is 76.7 cm³/mol. The zero-order chi connectivity index (χ0) is 14.0. The first-order valence-corrected chi connectivity index (χ1v) is 8.60. The molecule has 5 heteroatoms. The topological polar surface area (TPSA) is 49.4 Å². The number of piperazine rings is 1. The summed E-state index contributed by atoms with van der Waals surface area (Å²) in [6.45, 7) is 12.5. The monoisotopic (exact) mass is 276 g/mol. The van der Waals surface area contributed by atoms with Crippen LogP contribution in [0, 0.1) is 0 Å². The van der Waals surface area contributed by atoms with Crippen LogP contribution >= 0.6 is 0 Å². The molecule has 0 aromatic rings. The molecule has 18 heavy (non-hydrogen) atoms. The molecule has 1 rings (SSSR count). The molecule has 1 aliphatic heterocycles. The minimum Gasteiger partial charge on any atom is -0.309 e. The molecule has 0 spiro atoms. The fourth-order valence-corrected chi connectivity index (χ4v) is 3.32. The molecule has 1 saturated heterocycles. The number of rotatable bonds is 5. The molecule has 1 heterocycles. The van der Waals surface area contributed by atoms with Gasteiger partial charge >= 0.3 is 0 Å². The Morgan fingerprint density at radius 2 is 2.00 bits per heavy atom. The van der Waals surface area contributed by atoms with E-state index in [-0.39, 0.29) is 16.5 Å². The molecule has 0 radical (unpaired) electrons. The largest absolute Gasteiger partial charge is 0.309 e. The van der Waals surface area contributed by atoms with Crippen molar-refractivity contribution in [2.45, 2.75) is 57.9 Å². The third-order valence-electron chi connectivity index (χ3n) is 3.78. The minimum atomic E-state index is -2.93. The lowest BCUT2D eigenvalue weighted by molar-refractivity contribution is 0.0991. The summed E-state index contributed by atoms with van der Waals surface area (Å²) in [5, 5.41) is 3.25. The van der Waals surface area contributed by atoms with Gasteiger partial charge in [0.15, 0.2) is 9.84 Å². The third kappa shape index (κ3) is 4.21. The Morgan fingerprint density at radius 1 is 1.39 bits per heavy atom. The van der Waals surface area contributed by atoms with Crippen molar-refractivity contribution in [3.8, 4) is 0 Å². The fraction of sp³-hybridized carbons (Fsp3) is 1.00. The van der Waals surface area contributed by atoms with Gasteiger partial charge in [0.25, 0.3) is 0 Å². The lowest BCUT2D eigenvalue weighted by Crippen LogP contribution is -2.62. The molecule has 0 bridgehead atoms. The van der Waals surface area contributed by atoms with Crippen molar-refractivity contribution < 1.29 is 8.42 Å². The van der Waals surface area contributed by atoms with Crippen LogP contribution in [0.1, 0.15) is 41.0 Å². The van der Waals surface area contributed by atoms with Crippen molar-refractivity contribution >= 4 is 9.84 Å². The van der Waals surface area contributed by atoms with E-state index in [1.54, 1.807) is 13.8 Å². The van der Waals surface area contributed by atoms with Crippen LogP contribution in [-0.4, -0.2) is 55.5 Å². The highest BCUT2D eigenvalue weighted by atomic mass is 32.2. The Kier molecular flexibility index (Phi) is 5.21. The molecular formula is C13H28N2O2S. The van der Waals surface area contributed by atoms with Gasteiger partial charge in [-0.2, -0.15) is 0 Å². The summed E-state index contributed by atoms with van der Waals surface area (Å²) in [4.78, 5) is 2.33. The zero-order valence-electron chi connectivity index (χ0n) is 12.4. The summed E-state index contributed by atoms with van der Waals surface area (Å²) in [6.07, 6.45) is 1.06. The molecule has 4 nitrogen and oxygen atoms in total. The highest BCUT2D eigenvalue weighted by Gasteiger charge is 2.32. The SMILES string of the molecule is CCC1CNC(C)(C)CN1CCS(=O)(=O)C(C)C. The summed E-state index contributed by atoms with van der Waals surface area (Å²) < 4.78 is 23.8. The van der Waals surface area contributed by atoms with Crippen molar-refractivity contribution in [3.63, 3.8) is 0 Å². The molecule has 1 atom stereocenters. The lowest BCUT2D eigenvalue weighted by atomic mass is 9.98. The second-order valence-electron chi connectivity index (χ2n) is 6.21. The van der Waals surface area contributed by atoms with Crippen molar-refractivity contribution in [3.05, 3.63) is 0 Å². The molecule has 1 fully saturated rings. The van der Waals surface area contributed by atoms with E-state index in [1.165, 1.54) is 0 Å². The minimum absolute atomic E-state index is 0.0766. The van der Waals surface area contributed by atoms with Crippen LogP contribution in [0.2, 0.25) is 0 Å². The highest BCUT2D eigenvalue weighted by Crippen LogP contribution is 2.17. The smallest absolute Gasteiger partial charge is 0.153 e. The van der Waals surface area contributed by atoms with Gasteiger partial charge in [-0.3, -0.25) is 4.90 Å². The first kappa shape index (κ1) is 15.9. The summed E-state index contributed by atoms with van der Waals surface area (Å²) in [5.41, 5.74) is 0.0766. The molecule has 0 saturated carbocycles. The lowest BCUT2D eigenvalue weighted by Gasteiger charge is -2.44. The van der Waals surface area contributed by atoms with E-state index in [0.29, 0.717) is 12.6 Å². The molecule has 1 N–H and O–H groups in total. The van der Waals surface area contributed by atoms with Crippen LogP contribution < -0.4 is 5.32 Å². The second-order valence-corrected chi connectivity index (χ2v) is 8.89. The maximum atomic E-state index is 11.9. The van der Waals surface area contributed by atoms with Gasteiger partial charge in [0.05, 0.1) is 11.0 Å². The van der Waals surface area contributed by atoms with Crippen molar-refractivity contribution in [1.82, 2.24) is 10.2 Å². The van der Waals surface area contributed by atoms with Gasteiger partial charge in [-0.05, 0) is 34.1 Å². The summed E-state index contributed by atoms with van der Waals surface area (Å²) in [5.74, 6) is 0.275. The summed E-state index contributed by atoms with van der Waals surface area (Å²) >= 11 is 0. The number of nitrogens with one attached hydrogen (secondary N) is 1. The summed E-state index contributed by atoms with van der Waals surface area (Å²) in [6, 6.07) is 0.459. The maximum absolute atomic E-state index is 11.9. The molecule has 0 aromatic carbocycles. The Labute approximate surface area is 112 Å². The van der Waals surface area contributed by atoms with Crippen molar-refractivity contribution in [2.75, 3.05) is 25.4 Å². The third-order valence-corrected chi connectivity index (χ3v) is 5.97. The molecule has 1 unspecified atom stereocenters. The Morgan fingerprint density at radius 3 is 2.50 bits per heavy atom. The predicted octanol–water partition coefficient (Wildman–Crippen LogP) is 1.27. The summed E-state index contributed by atoms with van der Waals surface area (Å²) in [7, 11) is -2.93. The molecule has 1 aliphatic rings. The highest BCUT2D eigenvalue weighted by molar-refractivity contribution is 7.92. The van der Waals surface area contributed by atoms with E-state index in [1.807, 2.05) is 0 Å². The van der Waals surface area contributed by atoms with Gasteiger partial charge in [0.1, 0.15) is 0 Å². The van der Waals surface area contributed by atoms with Gasteiger partial charge in [-0.25, -0.2) is 8.42 Å². The number of nitrogens with zero attached hydrogens (tertiary/aromatic N) is 1. The normalized spacial score (nSPS) is 25.6. The van der Waals surface area contributed by atoms with E-state index in [4.69, 9.17) is 0 Å². The van der Waals surface area contributed by atoms with Gasteiger partial charge < -0.3 is 5.32 Å². The molecule has 0 aromatic heterocycles. The Balaban J connectivity index is 2.63. The average molecular weight is 276 g/mol. The average Bonchev–Trinajstić information content (AvgIpc) is 2.25. The second kappa shape index (κ2) is 5.88. The van der Waals surface area contributed by atoms with E-state index < -0.39 is 9.84 Å². The first-order valence-electron chi connectivity index (χ1n) is 6.88. The van der Waals surface area contributed by atoms with Crippen LogP contribution in [-0.2, 0) is 9.84 Å². The van der Waals surface area contributed by atoms with E-state index in [9.17, 15) is 8.42 Å². The van der Waals surface area contributed by atoms with Crippen molar-refractivity contribution in [2.24, 2.45) is 0 Å². The Bertz CT molecular complexity index is 363. The zero-order valence-corrected chi connectivity index (χ0v) is 13.2. The standard InChI is InChI=1S/C13H28N2O2S/c1-6-12-9-14-13(4,5)10-15(12)7-8-18(16,17)11(2)3/h11-12,14H,6-10H2,1-5H3. The van der Waals surface area contributed by atoms with Gasteiger partial charge in [0, 0.05) is 31.2 Å². The van der Waals surface area contributed by atoms with Crippen LogP contribution in [0.15, 0.2) is 0 Å². The number of hydrogen-bond acceptors (Lipinski definition) is 4. The van der Waals surface area contributed by atoms with E-state index >= 15 is 0 Å². The quantitative estimate of drug-likeness (QED) is 0.821. The Hall–Kier alpha value is -0.130. The fourth-order valence-electron chi connectivity index (χ4n) is 2.36. The van der Waals surface area contributed by atoms with E-state index in [2.05, 4.69) is 31.0 Å².